The van der Waals surface area contributed by atoms with Crippen LogP contribution < -0.4 is 0 Å². The molecular weight excluding hydrogens is 232 g/mol. The fraction of sp³-hybridized carbons (Fsp3) is 0.333. The van der Waals surface area contributed by atoms with Crippen LogP contribution in [-0.4, -0.2) is 5.11 Å². The molecule has 0 radical (unpaired) electrons. The first-order valence-electron chi connectivity index (χ1n) is 6.92. The predicted octanol–water partition coefficient (Wildman–Crippen LogP) is 5.31. The highest BCUT2D eigenvalue weighted by atomic mass is 16.3. The first kappa shape index (κ1) is 13.7. The van der Waals surface area contributed by atoms with Gasteiger partial charge in [-0.15, -0.1) is 0 Å². The van der Waals surface area contributed by atoms with E-state index in [1.807, 2.05) is 18.2 Å². The summed E-state index contributed by atoms with van der Waals surface area (Å²) in [5.41, 5.74) is 4.66. The van der Waals surface area contributed by atoms with E-state index in [2.05, 4.69) is 45.9 Å². The third-order valence-electron chi connectivity index (χ3n) is 3.53. The van der Waals surface area contributed by atoms with E-state index in [0.717, 1.165) is 11.1 Å². The van der Waals surface area contributed by atoms with E-state index >= 15 is 0 Å². The highest BCUT2D eigenvalue weighted by Gasteiger charge is 2.10. The third-order valence-corrected chi connectivity index (χ3v) is 3.53. The van der Waals surface area contributed by atoms with Crippen LogP contribution in [0.5, 0.6) is 5.75 Å². The minimum atomic E-state index is 0.345. The van der Waals surface area contributed by atoms with Crippen LogP contribution >= 0.6 is 0 Å². The second-order valence-corrected chi connectivity index (χ2v) is 5.71. The minimum Gasteiger partial charge on any atom is -0.507 e. The maximum absolute atomic E-state index is 10.0. The smallest absolute Gasteiger partial charge is 0.123 e. The van der Waals surface area contributed by atoms with Gasteiger partial charge in [-0.2, -0.15) is 0 Å². The van der Waals surface area contributed by atoms with Gasteiger partial charge in [-0.3, -0.25) is 0 Å². The fourth-order valence-electron chi connectivity index (χ4n) is 2.22. The van der Waals surface area contributed by atoms with Crippen molar-refractivity contribution in [2.24, 2.45) is 0 Å². The van der Waals surface area contributed by atoms with Gasteiger partial charge in [0.25, 0.3) is 0 Å². The molecule has 2 aromatic rings. The van der Waals surface area contributed by atoms with Crippen LogP contribution in [0.1, 0.15) is 50.7 Å². The van der Waals surface area contributed by atoms with Gasteiger partial charge >= 0.3 is 0 Å². The van der Waals surface area contributed by atoms with Gasteiger partial charge < -0.3 is 5.11 Å². The molecule has 0 bridgehead atoms. The second-order valence-electron chi connectivity index (χ2n) is 5.71. The monoisotopic (exact) mass is 254 g/mol. The SMILES string of the molecule is CC(C)c1cc(-c2ccccc2O)cc(C(C)C)c1. The Hall–Kier alpha value is -1.76. The molecule has 1 heteroatoms. The Bertz CT molecular complexity index is 541. The standard InChI is InChI=1S/C18H22O/c1-12(2)14-9-15(13(3)4)11-16(10-14)17-7-5-6-8-18(17)19/h5-13,19H,1-4H3. The van der Waals surface area contributed by atoms with E-state index in [4.69, 9.17) is 0 Å². The summed E-state index contributed by atoms with van der Waals surface area (Å²) in [5.74, 6) is 1.32. The number of para-hydroxylation sites is 1. The Labute approximate surface area is 115 Å². The molecule has 0 fully saturated rings. The Morgan fingerprint density at radius 2 is 1.32 bits per heavy atom. The molecule has 0 aromatic heterocycles. The number of rotatable bonds is 3. The largest absolute Gasteiger partial charge is 0.507 e. The summed E-state index contributed by atoms with van der Waals surface area (Å²) in [6, 6.07) is 14.2. The summed E-state index contributed by atoms with van der Waals surface area (Å²) in [7, 11) is 0. The molecule has 1 N–H and O–H groups in total. The van der Waals surface area contributed by atoms with Crippen LogP contribution in [0, 0.1) is 0 Å². The lowest BCUT2D eigenvalue weighted by Gasteiger charge is -2.15. The van der Waals surface area contributed by atoms with Gasteiger partial charge in [-0.05, 0) is 34.6 Å². The van der Waals surface area contributed by atoms with Gasteiger partial charge in [0.05, 0.1) is 0 Å². The normalized spacial score (nSPS) is 11.3. The summed E-state index contributed by atoms with van der Waals surface area (Å²) in [6.07, 6.45) is 0. The van der Waals surface area contributed by atoms with Crippen molar-refractivity contribution in [3.63, 3.8) is 0 Å². The number of benzene rings is 2. The molecule has 0 aliphatic carbocycles. The minimum absolute atomic E-state index is 0.345. The maximum atomic E-state index is 10.0. The number of aromatic hydroxyl groups is 1. The molecule has 2 rings (SSSR count). The molecule has 100 valence electrons. The highest BCUT2D eigenvalue weighted by Crippen LogP contribution is 2.33. The number of phenolic OH excluding ortho intramolecular Hbond substituents is 1. The number of hydrogen-bond donors (Lipinski definition) is 1. The molecule has 19 heavy (non-hydrogen) atoms. The lowest BCUT2D eigenvalue weighted by molar-refractivity contribution is 0.477. The molecule has 2 aromatic carbocycles. The van der Waals surface area contributed by atoms with Crippen molar-refractivity contribution in [1.82, 2.24) is 0 Å². The van der Waals surface area contributed by atoms with Crippen LogP contribution in [0.15, 0.2) is 42.5 Å². The van der Waals surface area contributed by atoms with Crippen molar-refractivity contribution >= 4 is 0 Å². The maximum Gasteiger partial charge on any atom is 0.123 e. The van der Waals surface area contributed by atoms with Gasteiger partial charge in [0.1, 0.15) is 5.75 Å². The zero-order valence-corrected chi connectivity index (χ0v) is 12.1. The summed E-state index contributed by atoms with van der Waals surface area (Å²) >= 11 is 0. The molecule has 0 aliphatic heterocycles. The van der Waals surface area contributed by atoms with Crippen LogP contribution in [-0.2, 0) is 0 Å². The third kappa shape index (κ3) is 2.98. The van der Waals surface area contributed by atoms with Crippen molar-refractivity contribution in [2.45, 2.75) is 39.5 Å². The number of phenols is 1. The summed E-state index contributed by atoms with van der Waals surface area (Å²) in [5, 5.41) is 10.0. The Morgan fingerprint density at radius 1 is 0.789 bits per heavy atom. The average molecular weight is 254 g/mol. The second kappa shape index (κ2) is 5.48. The van der Waals surface area contributed by atoms with E-state index < -0.39 is 0 Å². The number of hydrogen-bond acceptors (Lipinski definition) is 1. The van der Waals surface area contributed by atoms with Crippen molar-refractivity contribution in [3.05, 3.63) is 53.6 Å². The van der Waals surface area contributed by atoms with Gasteiger partial charge in [-0.1, -0.05) is 64.1 Å². The molecule has 0 saturated carbocycles. The van der Waals surface area contributed by atoms with Gasteiger partial charge in [0.2, 0.25) is 0 Å². The zero-order chi connectivity index (χ0) is 14.0. The molecule has 0 unspecified atom stereocenters. The molecule has 0 aliphatic rings. The quantitative estimate of drug-likeness (QED) is 0.787. The molecule has 0 saturated heterocycles. The lowest BCUT2D eigenvalue weighted by Crippen LogP contribution is -1.95. The molecule has 0 amide bonds. The Morgan fingerprint density at radius 3 is 1.79 bits per heavy atom. The van der Waals surface area contributed by atoms with Crippen LogP contribution in [0.4, 0.5) is 0 Å². The Kier molecular flexibility index (Phi) is 3.94. The fourth-order valence-corrected chi connectivity index (χ4v) is 2.22. The van der Waals surface area contributed by atoms with E-state index in [9.17, 15) is 5.11 Å². The first-order chi connectivity index (χ1) is 8.99. The van der Waals surface area contributed by atoms with Crippen LogP contribution in [0.2, 0.25) is 0 Å². The molecular formula is C18H22O. The molecule has 1 nitrogen and oxygen atoms in total. The summed E-state index contributed by atoms with van der Waals surface area (Å²) in [6.45, 7) is 8.81. The van der Waals surface area contributed by atoms with Crippen LogP contribution in [0.3, 0.4) is 0 Å². The summed E-state index contributed by atoms with van der Waals surface area (Å²) in [4.78, 5) is 0. The van der Waals surface area contributed by atoms with E-state index in [1.54, 1.807) is 6.07 Å². The van der Waals surface area contributed by atoms with Gasteiger partial charge in [-0.25, -0.2) is 0 Å². The molecule has 0 atom stereocenters. The highest BCUT2D eigenvalue weighted by molar-refractivity contribution is 5.71. The van der Waals surface area contributed by atoms with Crippen molar-refractivity contribution < 1.29 is 5.11 Å². The lowest BCUT2D eigenvalue weighted by atomic mass is 9.91. The van der Waals surface area contributed by atoms with Crippen molar-refractivity contribution in [2.75, 3.05) is 0 Å². The molecule has 0 heterocycles. The van der Waals surface area contributed by atoms with Gasteiger partial charge in [0.15, 0.2) is 0 Å². The first-order valence-corrected chi connectivity index (χ1v) is 6.92. The van der Waals surface area contributed by atoms with Crippen molar-refractivity contribution in [1.29, 1.82) is 0 Å². The van der Waals surface area contributed by atoms with Crippen molar-refractivity contribution in [3.8, 4) is 16.9 Å². The van der Waals surface area contributed by atoms with Gasteiger partial charge in [0, 0.05) is 5.56 Å². The Balaban J connectivity index is 2.60. The van der Waals surface area contributed by atoms with E-state index in [-0.39, 0.29) is 0 Å². The molecule has 0 spiro atoms. The summed E-state index contributed by atoms with van der Waals surface area (Å²) < 4.78 is 0. The van der Waals surface area contributed by atoms with E-state index in [0.29, 0.717) is 17.6 Å². The van der Waals surface area contributed by atoms with E-state index in [1.165, 1.54) is 11.1 Å². The van der Waals surface area contributed by atoms with Crippen LogP contribution in [0.25, 0.3) is 11.1 Å². The average Bonchev–Trinajstić information content (AvgIpc) is 2.38. The zero-order valence-electron chi connectivity index (χ0n) is 12.1. The predicted molar refractivity (Wildman–Crippen MR) is 81.7 cm³/mol. The topological polar surface area (TPSA) is 20.2 Å².